The van der Waals surface area contributed by atoms with Crippen LogP contribution in [0.4, 0.5) is 27.5 Å². The third-order valence-electron chi connectivity index (χ3n) is 8.36. The van der Waals surface area contributed by atoms with E-state index in [9.17, 15) is 4.39 Å². The first-order valence-electron chi connectivity index (χ1n) is 13.0. The summed E-state index contributed by atoms with van der Waals surface area (Å²) in [6, 6.07) is 8.81. The van der Waals surface area contributed by atoms with E-state index in [1.807, 2.05) is 26.1 Å². The fourth-order valence-electron chi connectivity index (χ4n) is 6.65. The molecule has 4 heterocycles. The van der Waals surface area contributed by atoms with Crippen LogP contribution in [0.1, 0.15) is 43.8 Å². The zero-order chi connectivity index (χ0) is 25.0. The fourth-order valence-corrected chi connectivity index (χ4v) is 6.65. The Morgan fingerprint density at radius 3 is 2.44 bits per heavy atom. The summed E-state index contributed by atoms with van der Waals surface area (Å²) in [5, 5.41) is 3.35. The summed E-state index contributed by atoms with van der Waals surface area (Å²) in [4.78, 5) is 23.7. The number of fused-ring (bicyclic) bond motifs is 3. The largest absolute Gasteiger partial charge is 0.373 e. The monoisotopic (exact) mass is 487 g/mol. The first-order chi connectivity index (χ1) is 17.3. The number of rotatable bonds is 5. The lowest BCUT2D eigenvalue weighted by Crippen LogP contribution is -2.43. The second-order valence-electron chi connectivity index (χ2n) is 11.3. The lowest BCUT2D eigenvalue weighted by atomic mass is 9.82. The number of benzene rings is 1. The standard InChI is InChI=1S/C28H34FN7/c1-17-11-24(32-16-31-17)35-13-18-5-6-19(14-35)22(18)12-23-33-26(30-4)25-27(34-23)36(15-28(25,2)3)21-9-7-20(29)8-10-21/h7-11,16,18-19,22H,5-6,12-15H2,1-4H3,(H,30,33,34). The SMILES string of the molecule is CNc1nc(CC2C3CCC2CN(c2cc(C)ncn2)C3)nc2c1C(C)(C)CN2c1ccc(F)cc1. The quantitative estimate of drug-likeness (QED) is 0.549. The van der Waals surface area contributed by atoms with E-state index in [1.165, 1.54) is 25.0 Å². The van der Waals surface area contributed by atoms with Gasteiger partial charge >= 0.3 is 0 Å². The van der Waals surface area contributed by atoms with Crippen LogP contribution in [0, 0.1) is 30.5 Å². The van der Waals surface area contributed by atoms with Crippen molar-refractivity contribution in [1.82, 2.24) is 19.9 Å². The van der Waals surface area contributed by atoms with Gasteiger partial charge in [0, 0.05) is 61.5 Å². The maximum Gasteiger partial charge on any atom is 0.142 e. The molecule has 0 spiro atoms. The Labute approximate surface area is 212 Å². The van der Waals surface area contributed by atoms with Crippen LogP contribution in [-0.4, -0.2) is 46.6 Å². The van der Waals surface area contributed by atoms with Gasteiger partial charge in [-0.1, -0.05) is 13.8 Å². The van der Waals surface area contributed by atoms with Gasteiger partial charge in [0.2, 0.25) is 0 Å². The van der Waals surface area contributed by atoms with Gasteiger partial charge in [0.05, 0.1) is 0 Å². The molecule has 0 radical (unpaired) electrons. The van der Waals surface area contributed by atoms with Crippen LogP contribution in [0.3, 0.4) is 0 Å². The van der Waals surface area contributed by atoms with Crippen molar-refractivity contribution in [2.45, 2.75) is 45.4 Å². The number of aryl methyl sites for hydroxylation is 1. The number of aromatic nitrogens is 4. The van der Waals surface area contributed by atoms with E-state index in [-0.39, 0.29) is 11.2 Å². The van der Waals surface area contributed by atoms with Gasteiger partial charge in [0.15, 0.2) is 0 Å². The molecule has 6 rings (SSSR count). The van der Waals surface area contributed by atoms with E-state index in [1.54, 1.807) is 6.33 Å². The molecule has 2 fully saturated rings. The van der Waals surface area contributed by atoms with E-state index >= 15 is 0 Å². The molecule has 8 heteroatoms. The average molecular weight is 488 g/mol. The van der Waals surface area contributed by atoms with Crippen molar-refractivity contribution in [2.75, 3.05) is 41.8 Å². The highest BCUT2D eigenvalue weighted by Gasteiger charge is 2.44. The molecule has 1 N–H and O–H groups in total. The molecule has 36 heavy (non-hydrogen) atoms. The highest BCUT2D eigenvalue weighted by molar-refractivity contribution is 5.74. The van der Waals surface area contributed by atoms with Crippen molar-refractivity contribution < 1.29 is 4.39 Å². The smallest absolute Gasteiger partial charge is 0.142 e. The molecular formula is C28H34FN7. The van der Waals surface area contributed by atoms with Gasteiger partial charge in [-0.2, -0.15) is 0 Å². The molecule has 2 unspecified atom stereocenters. The molecule has 2 bridgehead atoms. The highest BCUT2D eigenvalue weighted by Crippen LogP contribution is 2.48. The lowest BCUT2D eigenvalue weighted by molar-refractivity contribution is 0.265. The average Bonchev–Trinajstić information content (AvgIpc) is 3.25. The van der Waals surface area contributed by atoms with Gasteiger partial charge in [-0.05, 0) is 61.8 Å². The van der Waals surface area contributed by atoms with E-state index in [4.69, 9.17) is 9.97 Å². The Balaban J connectivity index is 1.29. The minimum Gasteiger partial charge on any atom is -0.373 e. The third-order valence-corrected chi connectivity index (χ3v) is 8.36. The Bertz CT molecular complexity index is 1260. The molecule has 1 aromatic carbocycles. The van der Waals surface area contributed by atoms with Crippen molar-refractivity contribution in [1.29, 1.82) is 0 Å². The van der Waals surface area contributed by atoms with Crippen LogP contribution in [0.25, 0.3) is 0 Å². The summed E-state index contributed by atoms with van der Waals surface area (Å²) in [5.41, 5.74) is 2.98. The molecule has 2 aromatic heterocycles. The molecule has 188 valence electrons. The first-order valence-corrected chi connectivity index (χ1v) is 13.0. The zero-order valence-electron chi connectivity index (χ0n) is 21.5. The zero-order valence-corrected chi connectivity index (χ0v) is 21.5. The number of hydrogen-bond acceptors (Lipinski definition) is 7. The second kappa shape index (κ2) is 8.68. The summed E-state index contributed by atoms with van der Waals surface area (Å²) in [6.07, 6.45) is 5.04. The summed E-state index contributed by atoms with van der Waals surface area (Å²) in [6.45, 7) is 9.30. The maximum absolute atomic E-state index is 13.6. The lowest BCUT2D eigenvalue weighted by Gasteiger charge is -2.38. The van der Waals surface area contributed by atoms with Gasteiger partial charge in [-0.15, -0.1) is 0 Å². The Hall–Kier alpha value is -3.29. The fraction of sp³-hybridized carbons (Fsp3) is 0.500. The topological polar surface area (TPSA) is 70.1 Å². The Morgan fingerprint density at radius 1 is 1.06 bits per heavy atom. The summed E-state index contributed by atoms with van der Waals surface area (Å²) in [7, 11) is 1.94. The molecule has 7 nitrogen and oxygen atoms in total. The first kappa shape index (κ1) is 23.1. The molecule has 0 amide bonds. The number of nitrogens with one attached hydrogen (secondary N) is 1. The van der Waals surface area contributed by atoms with Gasteiger partial charge in [-0.3, -0.25) is 0 Å². The predicted molar refractivity (Wildman–Crippen MR) is 140 cm³/mol. The summed E-state index contributed by atoms with van der Waals surface area (Å²) >= 11 is 0. The molecule has 1 aliphatic carbocycles. The summed E-state index contributed by atoms with van der Waals surface area (Å²) in [5.74, 6) is 5.36. The van der Waals surface area contributed by atoms with E-state index in [0.29, 0.717) is 17.8 Å². The number of nitrogens with zero attached hydrogens (tertiary/aromatic N) is 6. The van der Waals surface area contributed by atoms with Crippen molar-refractivity contribution >= 4 is 23.1 Å². The third kappa shape index (κ3) is 3.96. The van der Waals surface area contributed by atoms with E-state index in [2.05, 4.69) is 45.0 Å². The highest BCUT2D eigenvalue weighted by atomic mass is 19.1. The van der Waals surface area contributed by atoms with Crippen LogP contribution in [-0.2, 0) is 11.8 Å². The maximum atomic E-state index is 13.6. The van der Waals surface area contributed by atoms with Crippen molar-refractivity contribution in [3.05, 3.63) is 59.6 Å². The summed E-state index contributed by atoms with van der Waals surface area (Å²) < 4.78 is 13.6. The number of hydrogen-bond donors (Lipinski definition) is 1. The normalized spacial score (nSPS) is 24.2. The number of piperidine rings is 1. The molecule has 2 atom stereocenters. The minimum absolute atomic E-state index is 0.124. The van der Waals surface area contributed by atoms with Crippen LogP contribution in [0.5, 0.6) is 0 Å². The van der Waals surface area contributed by atoms with Crippen molar-refractivity contribution in [3.63, 3.8) is 0 Å². The van der Waals surface area contributed by atoms with Crippen LogP contribution >= 0.6 is 0 Å². The van der Waals surface area contributed by atoms with Crippen molar-refractivity contribution in [2.24, 2.45) is 17.8 Å². The van der Waals surface area contributed by atoms with E-state index < -0.39 is 0 Å². The Morgan fingerprint density at radius 2 is 1.78 bits per heavy atom. The minimum atomic E-state index is -0.226. The molecule has 3 aromatic rings. The molecule has 2 aliphatic heterocycles. The molecule has 3 aliphatic rings. The van der Waals surface area contributed by atoms with Gasteiger partial charge in [0.1, 0.15) is 35.4 Å². The van der Waals surface area contributed by atoms with Crippen LogP contribution < -0.4 is 15.1 Å². The van der Waals surface area contributed by atoms with Gasteiger partial charge < -0.3 is 15.1 Å². The van der Waals surface area contributed by atoms with Crippen LogP contribution in [0.15, 0.2) is 36.7 Å². The number of halogens is 1. The van der Waals surface area contributed by atoms with Crippen molar-refractivity contribution in [3.8, 4) is 0 Å². The Kier molecular flexibility index (Phi) is 5.57. The van der Waals surface area contributed by atoms with Crippen LogP contribution in [0.2, 0.25) is 0 Å². The second-order valence-corrected chi connectivity index (χ2v) is 11.3. The molecule has 1 saturated carbocycles. The van der Waals surface area contributed by atoms with E-state index in [0.717, 1.165) is 66.3 Å². The van der Waals surface area contributed by atoms with Gasteiger partial charge in [-0.25, -0.2) is 24.3 Å². The predicted octanol–water partition coefficient (Wildman–Crippen LogP) is 4.89. The number of anilines is 4. The molecular weight excluding hydrogens is 453 g/mol. The van der Waals surface area contributed by atoms with Gasteiger partial charge in [0.25, 0.3) is 0 Å². The molecule has 1 saturated heterocycles.